The minimum Gasteiger partial charge on any atom is -0.372 e. The Morgan fingerprint density at radius 1 is 1.03 bits per heavy atom. The van der Waals surface area contributed by atoms with Gasteiger partial charge in [-0.15, -0.1) is 11.8 Å². The van der Waals surface area contributed by atoms with Gasteiger partial charge in [-0.25, -0.2) is 0 Å². The molecule has 2 aromatic carbocycles. The zero-order valence-corrected chi connectivity index (χ0v) is 22.5. The number of nitrogens with zero attached hydrogens (tertiary/aromatic N) is 2. The topological polar surface area (TPSA) is 54.3 Å². The van der Waals surface area contributed by atoms with E-state index in [1.807, 2.05) is 42.1 Å². The van der Waals surface area contributed by atoms with Gasteiger partial charge >= 0.3 is 4.87 Å². The molecule has 188 valence electrons. The molecule has 2 saturated carbocycles. The molecule has 1 amide bonds. The molecule has 5 atom stereocenters. The van der Waals surface area contributed by atoms with Crippen molar-refractivity contribution in [3.8, 4) is 0 Å². The number of hydrogen-bond acceptors (Lipinski definition) is 5. The quantitative estimate of drug-likeness (QED) is 0.413. The fourth-order valence-electron chi connectivity index (χ4n) is 6.81. The Hall–Kier alpha value is -2.51. The Kier molecular flexibility index (Phi) is 6.46. The van der Waals surface area contributed by atoms with Crippen molar-refractivity contribution < 1.29 is 4.79 Å². The van der Waals surface area contributed by atoms with Gasteiger partial charge in [0.25, 0.3) is 0 Å². The van der Waals surface area contributed by atoms with Gasteiger partial charge < -0.3 is 10.2 Å². The van der Waals surface area contributed by atoms with Gasteiger partial charge in [-0.05, 0) is 80.7 Å². The van der Waals surface area contributed by atoms with Crippen LogP contribution in [0.2, 0.25) is 0 Å². The van der Waals surface area contributed by atoms with Crippen molar-refractivity contribution in [3.63, 3.8) is 0 Å². The smallest absolute Gasteiger partial charge is 0.308 e. The SMILES string of the molecule is CCN(CC)c1ccc([C@H]2c3sc(=O)n(CC(=O)Nc4ccccc4)c3SC3C4CCC(C4)C32)cc1. The highest BCUT2D eigenvalue weighted by Crippen LogP contribution is 2.64. The molecule has 4 unspecified atom stereocenters. The molecule has 6 rings (SSSR count). The summed E-state index contributed by atoms with van der Waals surface area (Å²) in [5.41, 5.74) is 3.32. The molecule has 5 nitrogen and oxygen atoms in total. The van der Waals surface area contributed by atoms with Crippen LogP contribution in [0, 0.1) is 17.8 Å². The third kappa shape index (κ3) is 4.10. The number of nitrogens with one attached hydrogen (secondary N) is 1. The van der Waals surface area contributed by atoms with Gasteiger partial charge in [0.2, 0.25) is 5.91 Å². The summed E-state index contributed by atoms with van der Waals surface area (Å²) in [4.78, 5) is 29.7. The van der Waals surface area contributed by atoms with E-state index in [9.17, 15) is 9.59 Å². The van der Waals surface area contributed by atoms with Crippen LogP contribution in [0.25, 0.3) is 0 Å². The average Bonchev–Trinajstić information content (AvgIpc) is 3.59. The van der Waals surface area contributed by atoms with E-state index in [1.165, 1.54) is 46.7 Å². The Morgan fingerprint density at radius 2 is 1.75 bits per heavy atom. The van der Waals surface area contributed by atoms with Crippen molar-refractivity contribution in [2.45, 2.75) is 55.8 Å². The number of thioether (sulfide) groups is 1. The van der Waals surface area contributed by atoms with Crippen LogP contribution in [-0.2, 0) is 11.3 Å². The molecule has 2 bridgehead atoms. The molecule has 3 aliphatic rings. The first-order valence-corrected chi connectivity index (χ1v) is 14.9. The summed E-state index contributed by atoms with van der Waals surface area (Å²) in [6.45, 7) is 6.42. The summed E-state index contributed by atoms with van der Waals surface area (Å²) in [6, 6.07) is 18.5. The highest BCUT2D eigenvalue weighted by atomic mass is 32.2. The number of thiazole rings is 1. The molecular formula is C29H33N3O2S2. The van der Waals surface area contributed by atoms with Gasteiger partial charge in [0.1, 0.15) is 6.54 Å². The first-order valence-electron chi connectivity index (χ1n) is 13.2. The number of hydrogen-bond donors (Lipinski definition) is 1. The van der Waals surface area contributed by atoms with Crippen LogP contribution in [0.15, 0.2) is 64.4 Å². The fourth-order valence-corrected chi connectivity index (χ4v) is 9.96. The van der Waals surface area contributed by atoms with Crippen LogP contribution in [0.4, 0.5) is 11.4 Å². The Morgan fingerprint density at radius 3 is 2.47 bits per heavy atom. The van der Waals surface area contributed by atoms with E-state index in [1.54, 1.807) is 4.57 Å². The normalized spacial score (nSPS) is 25.9. The van der Waals surface area contributed by atoms with Crippen molar-refractivity contribution >= 4 is 40.4 Å². The van der Waals surface area contributed by atoms with Crippen molar-refractivity contribution in [1.29, 1.82) is 0 Å². The largest absolute Gasteiger partial charge is 0.372 e. The zero-order chi connectivity index (χ0) is 24.8. The lowest BCUT2D eigenvalue weighted by atomic mass is 9.75. The molecule has 0 saturated heterocycles. The van der Waals surface area contributed by atoms with Gasteiger partial charge in [-0.3, -0.25) is 14.2 Å². The van der Waals surface area contributed by atoms with Gasteiger partial charge in [0.15, 0.2) is 0 Å². The molecule has 0 radical (unpaired) electrons. The number of para-hydroxylation sites is 1. The lowest BCUT2D eigenvalue weighted by Gasteiger charge is -2.40. The summed E-state index contributed by atoms with van der Waals surface area (Å²) in [5, 5.41) is 4.51. The third-order valence-electron chi connectivity index (χ3n) is 8.43. The van der Waals surface area contributed by atoms with Crippen molar-refractivity contribution in [2.75, 3.05) is 23.3 Å². The summed E-state index contributed by atoms with van der Waals surface area (Å²) >= 11 is 3.25. The van der Waals surface area contributed by atoms with E-state index in [2.05, 4.69) is 48.3 Å². The molecular weight excluding hydrogens is 486 g/mol. The average molecular weight is 520 g/mol. The number of fused-ring (bicyclic) bond motifs is 6. The fraction of sp³-hybridized carbons (Fsp3) is 0.448. The van der Waals surface area contributed by atoms with E-state index in [0.717, 1.165) is 35.6 Å². The van der Waals surface area contributed by atoms with Gasteiger partial charge in [-0.1, -0.05) is 41.7 Å². The molecule has 2 fully saturated rings. The maximum absolute atomic E-state index is 13.3. The van der Waals surface area contributed by atoms with Crippen molar-refractivity contribution in [1.82, 2.24) is 4.57 Å². The molecule has 7 heteroatoms. The van der Waals surface area contributed by atoms with Crippen LogP contribution >= 0.6 is 23.1 Å². The van der Waals surface area contributed by atoms with Gasteiger partial charge in [0.05, 0.1) is 5.03 Å². The molecule has 1 N–H and O–H groups in total. The lowest BCUT2D eigenvalue weighted by Crippen LogP contribution is -2.35. The third-order valence-corrected chi connectivity index (χ3v) is 11.3. The second kappa shape index (κ2) is 9.75. The molecule has 36 heavy (non-hydrogen) atoms. The molecule has 2 aliphatic carbocycles. The summed E-state index contributed by atoms with van der Waals surface area (Å²) in [5.74, 6) is 2.12. The maximum Gasteiger partial charge on any atom is 0.308 e. The van der Waals surface area contributed by atoms with Crippen molar-refractivity contribution in [3.05, 3.63) is 74.7 Å². The minimum absolute atomic E-state index is 0.0206. The van der Waals surface area contributed by atoms with Gasteiger partial charge in [0, 0.05) is 40.5 Å². The maximum atomic E-state index is 13.3. The van der Waals surface area contributed by atoms with Crippen molar-refractivity contribution in [2.24, 2.45) is 17.8 Å². The monoisotopic (exact) mass is 519 g/mol. The first-order chi connectivity index (χ1) is 17.6. The van der Waals surface area contributed by atoms with E-state index < -0.39 is 0 Å². The minimum atomic E-state index is -0.153. The molecule has 3 aromatic rings. The number of anilines is 2. The summed E-state index contributed by atoms with van der Waals surface area (Å²) < 4.78 is 1.74. The van der Waals surface area contributed by atoms with Crippen LogP contribution < -0.4 is 15.1 Å². The highest BCUT2D eigenvalue weighted by molar-refractivity contribution is 8.00. The number of carbonyl (C=O) groups excluding carboxylic acids is 1. The van der Waals surface area contributed by atoms with E-state index in [-0.39, 0.29) is 23.2 Å². The number of benzene rings is 2. The van der Waals surface area contributed by atoms with E-state index in [4.69, 9.17) is 0 Å². The number of carbonyl (C=O) groups is 1. The van der Waals surface area contributed by atoms with Crippen LogP contribution in [0.1, 0.15) is 49.5 Å². The molecule has 2 heterocycles. The van der Waals surface area contributed by atoms with Gasteiger partial charge in [-0.2, -0.15) is 0 Å². The molecule has 1 aromatic heterocycles. The second-order valence-electron chi connectivity index (χ2n) is 10.3. The predicted molar refractivity (Wildman–Crippen MR) is 149 cm³/mol. The molecule has 0 spiro atoms. The zero-order valence-electron chi connectivity index (χ0n) is 20.9. The number of amides is 1. The van der Waals surface area contributed by atoms with Crippen LogP contribution in [0.5, 0.6) is 0 Å². The Balaban J connectivity index is 1.35. The standard InChI is InChI=1S/C29H33N3O2S2/c1-3-31(4-2)22-14-12-18(13-15-22)24-25-19-10-11-20(16-19)26(25)35-28-27(24)36-29(34)32(28)17-23(33)30-21-8-6-5-7-9-21/h5-9,12-15,19-20,24-26H,3-4,10-11,16-17H2,1-2H3,(H,30,33)/t19?,20?,24-,25?,26?/m1/s1. The first kappa shape index (κ1) is 23.9. The highest BCUT2D eigenvalue weighted by Gasteiger charge is 2.55. The second-order valence-corrected chi connectivity index (χ2v) is 12.4. The molecule has 1 aliphatic heterocycles. The predicted octanol–water partition coefficient (Wildman–Crippen LogP) is 6.05. The Bertz CT molecular complexity index is 1300. The number of aromatic nitrogens is 1. The summed E-state index contributed by atoms with van der Waals surface area (Å²) in [6.07, 6.45) is 3.92. The van der Waals surface area contributed by atoms with Crippen LogP contribution in [0.3, 0.4) is 0 Å². The van der Waals surface area contributed by atoms with Crippen LogP contribution in [-0.4, -0.2) is 28.8 Å². The lowest BCUT2D eigenvalue weighted by molar-refractivity contribution is -0.116. The van der Waals surface area contributed by atoms with E-state index in [0.29, 0.717) is 11.2 Å². The summed E-state index contributed by atoms with van der Waals surface area (Å²) in [7, 11) is 0. The Labute approximate surface area is 220 Å². The van der Waals surface area contributed by atoms with E-state index >= 15 is 0 Å². The number of rotatable bonds is 7.